The van der Waals surface area contributed by atoms with E-state index in [1.165, 1.54) is 5.39 Å². The Morgan fingerprint density at radius 3 is 2.41 bits per heavy atom. The fourth-order valence-corrected chi connectivity index (χ4v) is 4.03. The number of benzene rings is 4. The van der Waals surface area contributed by atoms with Crippen molar-refractivity contribution in [2.45, 2.75) is 26.0 Å². The topological polar surface area (TPSA) is 36.3 Å². The first kappa shape index (κ1) is 20.1. The van der Waals surface area contributed by atoms with Crippen LogP contribution in [-0.4, -0.2) is 16.2 Å². The van der Waals surface area contributed by atoms with E-state index < -0.39 is 0 Å². The van der Waals surface area contributed by atoms with Crippen molar-refractivity contribution in [3.05, 3.63) is 103 Å². The van der Waals surface area contributed by atoms with Gasteiger partial charge in [-0.15, -0.1) is 0 Å². The smallest absolute Gasteiger partial charge is 0.147 e. The van der Waals surface area contributed by atoms with E-state index in [2.05, 4.69) is 53.1 Å². The first-order valence-electron chi connectivity index (χ1n) is 11.1. The van der Waals surface area contributed by atoms with Crippen LogP contribution in [0.1, 0.15) is 18.7 Å². The van der Waals surface area contributed by atoms with E-state index in [-0.39, 0.29) is 0 Å². The molecule has 5 rings (SSSR count). The molecule has 32 heavy (non-hydrogen) atoms. The van der Waals surface area contributed by atoms with Gasteiger partial charge in [-0.05, 0) is 48.6 Å². The third-order valence-corrected chi connectivity index (χ3v) is 5.63. The predicted molar refractivity (Wildman–Crippen MR) is 129 cm³/mol. The van der Waals surface area contributed by atoms with E-state index in [4.69, 9.17) is 14.5 Å². The Balaban J connectivity index is 1.22. The third kappa shape index (κ3) is 4.45. The Labute approximate surface area is 188 Å². The number of aromatic nitrogens is 2. The highest BCUT2D eigenvalue weighted by Gasteiger charge is 2.11. The van der Waals surface area contributed by atoms with Crippen LogP contribution in [0.15, 0.2) is 97.1 Å². The summed E-state index contributed by atoms with van der Waals surface area (Å²) in [5.74, 6) is 2.76. The van der Waals surface area contributed by atoms with E-state index in [1.54, 1.807) is 0 Å². The summed E-state index contributed by atoms with van der Waals surface area (Å²) in [6.45, 7) is 2.02. The van der Waals surface area contributed by atoms with Crippen LogP contribution >= 0.6 is 0 Å². The maximum Gasteiger partial charge on any atom is 0.147 e. The molecule has 0 saturated carbocycles. The van der Waals surface area contributed by atoms with Crippen LogP contribution in [0.3, 0.4) is 0 Å². The van der Waals surface area contributed by atoms with Gasteiger partial charge < -0.3 is 14.0 Å². The minimum Gasteiger partial charge on any atom is -0.493 e. The standard InChI is InChI=1S/C28H26N2O2/c1-2-13-23(14-3-1)32-21-28-29-25-16-6-7-17-26(25)30(28)19-8-9-20-31-27-18-10-12-22-11-4-5-15-24(22)27/h1-7,10-18H,8-9,19-21H2. The molecule has 0 radical (unpaired) electrons. The number of para-hydroxylation sites is 3. The second-order valence-electron chi connectivity index (χ2n) is 7.80. The van der Waals surface area contributed by atoms with E-state index in [0.29, 0.717) is 13.2 Å². The highest BCUT2D eigenvalue weighted by Crippen LogP contribution is 2.25. The quantitative estimate of drug-likeness (QED) is 0.250. The van der Waals surface area contributed by atoms with Crippen molar-refractivity contribution in [3.63, 3.8) is 0 Å². The second kappa shape index (κ2) is 9.56. The number of rotatable bonds is 9. The number of fused-ring (bicyclic) bond motifs is 2. The number of aryl methyl sites for hydroxylation is 1. The Morgan fingerprint density at radius 1 is 0.688 bits per heavy atom. The van der Waals surface area contributed by atoms with Gasteiger partial charge in [-0.3, -0.25) is 0 Å². The number of hydrogen-bond donors (Lipinski definition) is 0. The molecule has 4 nitrogen and oxygen atoms in total. The first-order valence-corrected chi connectivity index (χ1v) is 11.1. The molecule has 0 aliphatic carbocycles. The molecule has 0 N–H and O–H groups in total. The summed E-state index contributed by atoms with van der Waals surface area (Å²) in [4.78, 5) is 4.82. The average Bonchev–Trinajstić information content (AvgIpc) is 3.21. The highest BCUT2D eigenvalue weighted by molar-refractivity contribution is 5.88. The van der Waals surface area contributed by atoms with E-state index >= 15 is 0 Å². The van der Waals surface area contributed by atoms with E-state index in [1.807, 2.05) is 48.5 Å². The Kier molecular flexibility index (Phi) is 6.02. The molecule has 5 aromatic rings. The first-order chi connectivity index (χ1) is 15.9. The van der Waals surface area contributed by atoms with Crippen LogP contribution in [0.5, 0.6) is 11.5 Å². The lowest BCUT2D eigenvalue weighted by molar-refractivity contribution is 0.285. The zero-order valence-electron chi connectivity index (χ0n) is 18.0. The average molecular weight is 423 g/mol. The fourth-order valence-electron chi connectivity index (χ4n) is 4.03. The molecule has 4 aromatic carbocycles. The van der Waals surface area contributed by atoms with Crippen LogP contribution in [0.25, 0.3) is 21.8 Å². The molecule has 0 bridgehead atoms. The van der Waals surface area contributed by atoms with Gasteiger partial charge in [0.05, 0.1) is 17.6 Å². The molecule has 160 valence electrons. The van der Waals surface area contributed by atoms with Crippen molar-refractivity contribution < 1.29 is 9.47 Å². The van der Waals surface area contributed by atoms with Gasteiger partial charge in [0, 0.05) is 11.9 Å². The van der Waals surface area contributed by atoms with Gasteiger partial charge in [-0.1, -0.05) is 66.7 Å². The lowest BCUT2D eigenvalue weighted by Crippen LogP contribution is -2.09. The van der Waals surface area contributed by atoms with Gasteiger partial charge in [0.15, 0.2) is 0 Å². The molecule has 0 fully saturated rings. The van der Waals surface area contributed by atoms with Gasteiger partial charge in [0.2, 0.25) is 0 Å². The maximum absolute atomic E-state index is 6.11. The van der Waals surface area contributed by atoms with Crippen LogP contribution in [-0.2, 0) is 13.2 Å². The molecule has 0 atom stereocenters. The predicted octanol–water partition coefficient (Wildman–Crippen LogP) is 6.63. The van der Waals surface area contributed by atoms with Crippen molar-refractivity contribution >= 4 is 21.8 Å². The Hall–Kier alpha value is -3.79. The fraction of sp³-hybridized carbons (Fsp3) is 0.179. The minimum absolute atomic E-state index is 0.450. The highest BCUT2D eigenvalue weighted by atomic mass is 16.5. The summed E-state index contributed by atoms with van der Waals surface area (Å²) in [6, 6.07) is 32.7. The third-order valence-electron chi connectivity index (χ3n) is 5.63. The zero-order chi connectivity index (χ0) is 21.6. The van der Waals surface area contributed by atoms with Crippen molar-refractivity contribution in [2.24, 2.45) is 0 Å². The lowest BCUT2D eigenvalue weighted by atomic mass is 10.1. The molecule has 4 heteroatoms. The largest absolute Gasteiger partial charge is 0.493 e. The van der Waals surface area contributed by atoms with Crippen molar-refractivity contribution in [1.82, 2.24) is 9.55 Å². The molecule has 0 saturated heterocycles. The SMILES string of the molecule is c1ccc(OCc2nc3ccccc3n2CCCCOc2cccc3ccccc23)cc1. The monoisotopic (exact) mass is 422 g/mol. The summed E-state index contributed by atoms with van der Waals surface area (Å²) in [5, 5.41) is 2.37. The second-order valence-corrected chi connectivity index (χ2v) is 7.80. The molecule has 0 aliphatic heterocycles. The number of hydrogen-bond acceptors (Lipinski definition) is 3. The molecular formula is C28H26N2O2. The molecular weight excluding hydrogens is 396 g/mol. The summed E-state index contributed by atoms with van der Waals surface area (Å²) >= 11 is 0. The number of nitrogens with zero attached hydrogens (tertiary/aromatic N) is 2. The maximum atomic E-state index is 6.11. The van der Waals surface area contributed by atoms with Crippen LogP contribution in [0.2, 0.25) is 0 Å². The van der Waals surface area contributed by atoms with Crippen molar-refractivity contribution in [1.29, 1.82) is 0 Å². The van der Waals surface area contributed by atoms with Crippen molar-refractivity contribution in [3.8, 4) is 11.5 Å². The molecule has 1 aromatic heterocycles. The molecule has 0 spiro atoms. The van der Waals surface area contributed by atoms with Crippen LogP contribution < -0.4 is 9.47 Å². The minimum atomic E-state index is 0.450. The summed E-state index contributed by atoms with van der Waals surface area (Å²) in [5.41, 5.74) is 2.15. The molecule has 1 heterocycles. The van der Waals surface area contributed by atoms with Gasteiger partial charge >= 0.3 is 0 Å². The summed E-state index contributed by atoms with van der Waals surface area (Å²) in [7, 11) is 0. The molecule has 0 unspecified atom stereocenters. The lowest BCUT2D eigenvalue weighted by Gasteiger charge is -2.12. The number of unbranched alkanes of at least 4 members (excludes halogenated alkanes) is 1. The normalized spacial score (nSPS) is 11.1. The van der Waals surface area contributed by atoms with Gasteiger partial charge in [-0.25, -0.2) is 4.98 Å². The Morgan fingerprint density at radius 2 is 1.47 bits per heavy atom. The Bertz CT molecular complexity index is 1310. The van der Waals surface area contributed by atoms with E-state index in [0.717, 1.165) is 53.1 Å². The van der Waals surface area contributed by atoms with Gasteiger partial charge in [-0.2, -0.15) is 0 Å². The van der Waals surface area contributed by atoms with Crippen LogP contribution in [0, 0.1) is 0 Å². The summed E-state index contributed by atoms with van der Waals surface area (Å²) < 4.78 is 14.4. The summed E-state index contributed by atoms with van der Waals surface area (Å²) in [6.07, 6.45) is 1.97. The van der Waals surface area contributed by atoms with Gasteiger partial charge in [0.25, 0.3) is 0 Å². The number of imidazole rings is 1. The van der Waals surface area contributed by atoms with Crippen molar-refractivity contribution in [2.75, 3.05) is 6.61 Å². The molecule has 0 aliphatic rings. The molecule has 0 amide bonds. The zero-order valence-corrected chi connectivity index (χ0v) is 18.0. The van der Waals surface area contributed by atoms with Gasteiger partial charge in [0.1, 0.15) is 23.9 Å². The van der Waals surface area contributed by atoms with Crippen LogP contribution in [0.4, 0.5) is 0 Å². The van der Waals surface area contributed by atoms with E-state index in [9.17, 15) is 0 Å². The number of ether oxygens (including phenoxy) is 2.